The molecule has 0 saturated carbocycles. The minimum Gasteiger partial charge on any atom is -0.479 e. The standard InChI is InChI=1S/C10H9Cl2NO4/c11-6-2-1-5(3-7(6)12)9(15)13-4-8(14)10(16)17/h1-3,8,14H,4H2,(H,13,15)(H,16,17)/t8-/m0/s1. The second-order valence-electron chi connectivity index (χ2n) is 3.19. The van der Waals surface area contributed by atoms with Crippen molar-refractivity contribution in [2.45, 2.75) is 6.10 Å². The van der Waals surface area contributed by atoms with Crippen LogP contribution in [-0.4, -0.2) is 34.7 Å². The van der Waals surface area contributed by atoms with Gasteiger partial charge in [-0.3, -0.25) is 4.79 Å². The molecule has 92 valence electrons. The van der Waals surface area contributed by atoms with Gasteiger partial charge in [0.25, 0.3) is 5.91 Å². The van der Waals surface area contributed by atoms with Crippen molar-refractivity contribution >= 4 is 35.1 Å². The van der Waals surface area contributed by atoms with Gasteiger partial charge in [-0.15, -0.1) is 0 Å². The molecule has 17 heavy (non-hydrogen) atoms. The summed E-state index contributed by atoms with van der Waals surface area (Å²) in [5, 5.41) is 20.2. The number of amides is 1. The van der Waals surface area contributed by atoms with Gasteiger partial charge < -0.3 is 15.5 Å². The van der Waals surface area contributed by atoms with Crippen molar-refractivity contribution in [1.82, 2.24) is 5.32 Å². The van der Waals surface area contributed by atoms with Crippen molar-refractivity contribution < 1.29 is 19.8 Å². The van der Waals surface area contributed by atoms with E-state index in [2.05, 4.69) is 5.32 Å². The lowest BCUT2D eigenvalue weighted by atomic mass is 10.2. The zero-order valence-electron chi connectivity index (χ0n) is 8.48. The lowest BCUT2D eigenvalue weighted by molar-refractivity contribution is -0.146. The second kappa shape index (κ2) is 5.86. The molecule has 0 aromatic heterocycles. The van der Waals surface area contributed by atoms with Gasteiger partial charge in [-0.05, 0) is 18.2 Å². The molecule has 0 fully saturated rings. The van der Waals surface area contributed by atoms with Gasteiger partial charge in [-0.2, -0.15) is 0 Å². The largest absolute Gasteiger partial charge is 0.479 e. The molecule has 0 aliphatic rings. The number of nitrogens with one attached hydrogen (secondary N) is 1. The van der Waals surface area contributed by atoms with Crippen LogP contribution in [0, 0.1) is 0 Å². The van der Waals surface area contributed by atoms with Gasteiger partial charge in [0.1, 0.15) is 0 Å². The predicted octanol–water partition coefficient (Wildman–Crippen LogP) is 1.17. The number of carboxylic acid groups (broad SMARTS) is 1. The van der Waals surface area contributed by atoms with Crippen LogP contribution in [0.5, 0.6) is 0 Å². The first-order valence-corrected chi connectivity index (χ1v) is 5.31. The van der Waals surface area contributed by atoms with Gasteiger partial charge in [0.05, 0.1) is 16.6 Å². The van der Waals surface area contributed by atoms with E-state index in [1.165, 1.54) is 18.2 Å². The average Bonchev–Trinajstić information content (AvgIpc) is 2.28. The maximum Gasteiger partial charge on any atom is 0.334 e. The molecule has 0 radical (unpaired) electrons. The highest BCUT2D eigenvalue weighted by Crippen LogP contribution is 2.22. The van der Waals surface area contributed by atoms with E-state index in [0.717, 1.165) is 0 Å². The smallest absolute Gasteiger partial charge is 0.334 e. The number of benzene rings is 1. The topological polar surface area (TPSA) is 86.6 Å². The number of halogens is 2. The lowest BCUT2D eigenvalue weighted by Gasteiger charge is -2.08. The summed E-state index contributed by atoms with van der Waals surface area (Å²) >= 11 is 11.4. The summed E-state index contributed by atoms with van der Waals surface area (Å²) in [6, 6.07) is 4.25. The van der Waals surface area contributed by atoms with Crippen LogP contribution in [0.2, 0.25) is 10.0 Å². The average molecular weight is 278 g/mol. The summed E-state index contributed by atoms with van der Waals surface area (Å²) in [5.74, 6) is -1.94. The van der Waals surface area contributed by atoms with E-state index in [-0.39, 0.29) is 17.1 Å². The molecule has 0 aliphatic carbocycles. The molecule has 1 aromatic rings. The highest BCUT2D eigenvalue weighted by Gasteiger charge is 2.15. The number of hydrogen-bond acceptors (Lipinski definition) is 3. The Morgan fingerprint density at radius 2 is 1.94 bits per heavy atom. The minimum absolute atomic E-state index is 0.220. The van der Waals surface area contributed by atoms with E-state index in [9.17, 15) is 9.59 Å². The van der Waals surface area contributed by atoms with Crippen molar-refractivity contribution in [3.63, 3.8) is 0 Å². The van der Waals surface area contributed by atoms with Crippen molar-refractivity contribution in [1.29, 1.82) is 0 Å². The van der Waals surface area contributed by atoms with Gasteiger partial charge in [0, 0.05) is 5.56 Å². The first kappa shape index (κ1) is 13.8. The maximum absolute atomic E-state index is 11.5. The van der Waals surface area contributed by atoms with E-state index < -0.39 is 18.0 Å². The van der Waals surface area contributed by atoms with Crippen LogP contribution in [0.4, 0.5) is 0 Å². The Hall–Kier alpha value is -1.30. The first-order valence-electron chi connectivity index (χ1n) is 4.56. The highest BCUT2D eigenvalue weighted by molar-refractivity contribution is 6.42. The van der Waals surface area contributed by atoms with Crippen LogP contribution >= 0.6 is 23.2 Å². The molecule has 5 nitrogen and oxygen atoms in total. The summed E-state index contributed by atoms with van der Waals surface area (Å²) in [5.41, 5.74) is 0.233. The monoisotopic (exact) mass is 277 g/mol. The predicted molar refractivity (Wildman–Crippen MR) is 62.4 cm³/mol. The Morgan fingerprint density at radius 3 is 2.47 bits per heavy atom. The zero-order valence-corrected chi connectivity index (χ0v) is 10.00. The van der Waals surface area contributed by atoms with Gasteiger partial charge in [-0.25, -0.2) is 4.79 Å². The Balaban J connectivity index is 2.64. The summed E-state index contributed by atoms with van der Waals surface area (Å²) in [6.07, 6.45) is -1.64. The Morgan fingerprint density at radius 1 is 1.29 bits per heavy atom. The lowest BCUT2D eigenvalue weighted by Crippen LogP contribution is -2.36. The van der Waals surface area contributed by atoms with Gasteiger partial charge >= 0.3 is 5.97 Å². The van der Waals surface area contributed by atoms with Gasteiger partial charge in [0.15, 0.2) is 6.10 Å². The van der Waals surface area contributed by atoms with Crippen molar-refractivity contribution in [3.05, 3.63) is 33.8 Å². The van der Waals surface area contributed by atoms with E-state index >= 15 is 0 Å². The molecule has 0 unspecified atom stereocenters. The summed E-state index contributed by atoms with van der Waals surface area (Å²) in [6.45, 7) is -0.381. The molecule has 0 saturated heterocycles. The molecule has 0 spiro atoms. The molecule has 7 heteroatoms. The number of carbonyl (C=O) groups is 2. The Labute approximate surface area is 107 Å². The molecule has 3 N–H and O–H groups in total. The maximum atomic E-state index is 11.5. The minimum atomic E-state index is -1.64. The normalized spacial score (nSPS) is 11.9. The number of hydrogen-bond donors (Lipinski definition) is 3. The number of carbonyl (C=O) groups excluding carboxylic acids is 1. The second-order valence-corrected chi connectivity index (χ2v) is 4.01. The van der Waals surface area contributed by atoms with Gasteiger partial charge in [0.2, 0.25) is 0 Å². The van der Waals surface area contributed by atoms with E-state index in [1.807, 2.05) is 0 Å². The third kappa shape index (κ3) is 3.89. The van der Waals surface area contributed by atoms with Crippen LogP contribution in [-0.2, 0) is 4.79 Å². The van der Waals surface area contributed by atoms with Crippen LogP contribution in [0.1, 0.15) is 10.4 Å². The van der Waals surface area contributed by atoms with Crippen LogP contribution in [0.25, 0.3) is 0 Å². The van der Waals surface area contributed by atoms with E-state index in [1.54, 1.807) is 0 Å². The zero-order chi connectivity index (χ0) is 13.0. The van der Waals surface area contributed by atoms with Crippen molar-refractivity contribution in [2.75, 3.05) is 6.54 Å². The molecule has 1 rings (SSSR count). The summed E-state index contributed by atoms with van der Waals surface area (Å²) in [7, 11) is 0. The molecular formula is C10H9Cl2NO4. The molecule has 0 aliphatic heterocycles. The number of rotatable bonds is 4. The fourth-order valence-corrected chi connectivity index (χ4v) is 1.31. The highest BCUT2D eigenvalue weighted by atomic mass is 35.5. The number of aliphatic carboxylic acids is 1. The van der Waals surface area contributed by atoms with Crippen LogP contribution < -0.4 is 5.32 Å². The summed E-state index contributed by atoms with van der Waals surface area (Å²) in [4.78, 5) is 21.8. The number of aliphatic hydroxyl groups excluding tert-OH is 1. The number of aliphatic hydroxyl groups is 1. The molecule has 0 heterocycles. The molecule has 1 amide bonds. The third-order valence-electron chi connectivity index (χ3n) is 1.92. The summed E-state index contributed by atoms with van der Waals surface area (Å²) < 4.78 is 0. The van der Waals surface area contributed by atoms with Crippen LogP contribution in [0.15, 0.2) is 18.2 Å². The van der Waals surface area contributed by atoms with Crippen LogP contribution in [0.3, 0.4) is 0 Å². The fourth-order valence-electron chi connectivity index (χ4n) is 1.02. The Bertz CT molecular complexity index is 450. The molecular weight excluding hydrogens is 269 g/mol. The first-order chi connectivity index (χ1) is 7.91. The fraction of sp³-hybridized carbons (Fsp3) is 0.200. The SMILES string of the molecule is O=C(NC[C@H](O)C(=O)O)c1ccc(Cl)c(Cl)c1. The van der Waals surface area contributed by atoms with E-state index in [0.29, 0.717) is 5.02 Å². The van der Waals surface area contributed by atoms with Gasteiger partial charge in [-0.1, -0.05) is 23.2 Å². The number of carboxylic acids is 1. The molecule has 1 aromatic carbocycles. The Kier molecular flexibility index (Phi) is 4.74. The van der Waals surface area contributed by atoms with E-state index in [4.69, 9.17) is 33.4 Å². The molecule has 1 atom stereocenters. The molecule has 0 bridgehead atoms. The van der Waals surface area contributed by atoms with Crippen molar-refractivity contribution in [3.8, 4) is 0 Å². The third-order valence-corrected chi connectivity index (χ3v) is 2.66. The quantitative estimate of drug-likeness (QED) is 0.771. The van der Waals surface area contributed by atoms with Crippen molar-refractivity contribution in [2.24, 2.45) is 0 Å².